The van der Waals surface area contributed by atoms with Gasteiger partial charge in [-0.2, -0.15) is 0 Å². The molecule has 1 heterocycles. The van der Waals surface area contributed by atoms with E-state index in [0.29, 0.717) is 0 Å². The lowest BCUT2D eigenvalue weighted by molar-refractivity contribution is 0.0833. The zero-order valence-electron chi connectivity index (χ0n) is 13.8. The third kappa shape index (κ3) is 4.00. The van der Waals surface area contributed by atoms with Crippen molar-refractivity contribution in [3.8, 4) is 0 Å². The zero-order chi connectivity index (χ0) is 14.5. The van der Waals surface area contributed by atoms with Crippen LogP contribution in [0, 0.1) is 17.8 Å². The van der Waals surface area contributed by atoms with Gasteiger partial charge < -0.3 is 4.90 Å². The minimum Gasteiger partial charge on any atom is -0.300 e. The van der Waals surface area contributed by atoms with Crippen molar-refractivity contribution in [1.82, 2.24) is 4.90 Å². The summed E-state index contributed by atoms with van der Waals surface area (Å²) < 4.78 is 0. The summed E-state index contributed by atoms with van der Waals surface area (Å²) in [7, 11) is 0. The van der Waals surface area contributed by atoms with E-state index in [1.54, 1.807) is 0 Å². The third-order valence-electron chi connectivity index (χ3n) is 6.22. The van der Waals surface area contributed by atoms with Crippen LogP contribution >= 0.6 is 0 Å². The minimum absolute atomic E-state index is 0.831. The van der Waals surface area contributed by atoms with E-state index >= 15 is 0 Å². The Kier molecular flexibility index (Phi) is 5.57. The van der Waals surface area contributed by atoms with E-state index in [0.717, 1.165) is 23.8 Å². The first-order chi connectivity index (χ1) is 10.4. The minimum atomic E-state index is 0.831. The maximum Gasteiger partial charge on any atom is 0.00954 e. The number of rotatable bonds is 4. The van der Waals surface area contributed by atoms with Crippen molar-refractivity contribution in [3.63, 3.8) is 0 Å². The van der Waals surface area contributed by atoms with Crippen LogP contribution in [0.2, 0.25) is 0 Å². The lowest BCUT2D eigenvalue weighted by atomic mass is 9.79. The van der Waals surface area contributed by atoms with E-state index < -0.39 is 0 Å². The highest BCUT2D eigenvalue weighted by atomic mass is 15.2. The molecule has 1 saturated carbocycles. The lowest BCUT2D eigenvalue weighted by Crippen LogP contribution is -2.44. The predicted octanol–water partition coefficient (Wildman–Crippen LogP) is 5.19. The molecule has 0 radical (unpaired) electrons. The smallest absolute Gasteiger partial charge is 0.00954 e. The van der Waals surface area contributed by atoms with Crippen molar-refractivity contribution in [1.29, 1.82) is 0 Å². The highest BCUT2D eigenvalue weighted by molar-refractivity contribution is 5.12. The molecule has 1 unspecified atom stereocenters. The molecule has 0 aromatic rings. The van der Waals surface area contributed by atoms with Crippen LogP contribution in [0.3, 0.4) is 0 Å². The number of likely N-dealkylation sites (tertiary alicyclic amines) is 1. The van der Waals surface area contributed by atoms with Crippen LogP contribution < -0.4 is 0 Å². The molecule has 3 rings (SSSR count). The van der Waals surface area contributed by atoms with Crippen LogP contribution in [-0.2, 0) is 0 Å². The molecule has 0 bridgehead atoms. The Morgan fingerprint density at radius 1 is 0.952 bits per heavy atom. The van der Waals surface area contributed by atoms with Gasteiger partial charge in [0.15, 0.2) is 0 Å². The number of hydrogen-bond acceptors (Lipinski definition) is 1. The Balaban J connectivity index is 1.42. The van der Waals surface area contributed by atoms with Crippen molar-refractivity contribution < 1.29 is 0 Å². The Bertz CT molecular complexity index is 354. The first-order valence-corrected chi connectivity index (χ1v) is 9.44. The molecule has 1 aliphatic heterocycles. The summed E-state index contributed by atoms with van der Waals surface area (Å²) in [4.78, 5) is 2.83. The van der Waals surface area contributed by atoms with Gasteiger partial charge in [0, 0.05) is 6.04 Å². The van der Waals surface area contributed by atoms with Crippen molar-refractivity contribution >= 4 is 0 Å². The molecule has 0 aromatic heterocycles. The fraction of sp³-hybridized carbons (Fsp3) is 0.800. The van der Waals surface area contributed by atoms with E-state index in [9.17, 15) is 0 Å². The maximum absolute atomic E-state index is 2.83. The van der Waals surface area contributed by atoms with Crippen LogP contribution in [0.4, 0.5) is 0 Å². The topological polar surface area (TPSA) is 3.24 Å². The molecule has 1 saturated heterocycles. The first kappa shape index (κ1) is 15.3. The van der Waals surface area contributed by atoms with Crippen molar-refractivity contribution in [2.24, 2.45) is 17.8 Å². The molecule has 1 heteroatoms. The Hall–Kier alpha value is -0.560. The predicted molar refractivity (Wildman–Crippen MR) is 91.3 cm³/mol. The number of piperidine rings is 1. The highest BCUT2D eigenvalue weighted by Gasteiger charge is 2.30. The van der Waals surface area contributed by atoms with Crippen LogP contribution in [0.15, 0.2) is 24.3 Å². The van der Waals surface area contributed by atoms with Gasteiger partial charge in [-0.25, -0.2) is 0 Å². The first-order valence-electron chi connectivity index (χ1n) is 9.44. The van der Waals surface area contributed by atoms with E-state index in [-0.39, 0.29) is 0 Å². The van der Waals surface area contributed by atoms with Crippen molar-refractivity contribution in [2.45, 2.75) is 70.8 Å². The second-order valence-corrected chi connectivity index (χ2v) is 7.55. The van der Waals surface area contributed by atoms with Gasteiger partial charge >= 0.3 is 0 Å². The zero-order valence-corrected chi connectivity index (χ0v) is 13.8. The van der Waals surface area contributed by atoms with Crippen LogP contribution in [0.25, 0.3) is 0 Å². The Morgan fingerprint density at radius 3 is 2.33 bits per heavy atom. The van der Waals surface area contributed by atoms with Gasteiger partial charge in [0.2, 0.25) is 0 Å². The molecule has 1 nitrogen and oxygen atoms in total. The highest BCUT2D eigenvalue weighted by Crippen LogP contribution is 2.35. The number of nitrogens with zero attached hydrogens (tertiary/aromatic N) is 1. The molecule has 3 aliphatic rings. The lowest BCUT2D eigenvalue weighted by Gasteiger charge is -2.42. The van der Waals surface area contributed by atoms with Gasteiger partial charge in [-0.1, -0.05) is 44.1 Å². The van der Waals surface area contributed by atoms with Crippen LogP contribution in [0.1, 0.15) is 64.7 Å². The fourth-order valence-electron chi connectivity index (χ4n) is 4.87. The molecule has 0 spiro atoms. The molecule has 118 valence electrons. The van der Waals surface area contributed by atoms with Gasteiger partial charge in [0.1, 0.15) is 0 Å². The molecule has 0 aromatic carbocycles. The van der Waals surface area contributed by atoms with Gasteiger partial charge in [-0.05, 0) is 75.8 Å². The van der Waals surface area contributed by atoms with Gasteiger partial charge in [-0.15, -0.1) is 0 Å². The SMILES string of the molecule is CCCC1CCC(N2CCC(C3C=CC=CC3)CC2)CC1. The molecular formula is C20H33N. The molecule has 1 atom stereocenters. The normalized spacial score (nSPS) is 35.2. The fourth-order valence-corrected chi connectivity index (χ4v) is 4.87. The second kappa shape index (κ2) is 7.63. The average molecular weight is 287 g/mol. The van der Waals surface area contributed by atoms with E-state index in [1.807, 2.05) is 0 Å². The molecule has 2 fully saturated rings. The maximum atomic E-state index is 2.83. The Morgan fingerprint density at radius 2 is 1.71 bits per heavy atom. The van der Waals surface area contributed by atoms with Crippen molar-refractivity contribution in [3.05, 3.63) is 24.3 Å². The monoisotopic (exact) mass is 287 g/mol. The van der Waals surface area contributed by atoms with Gasteiger partial charge in [0.25, 0.3) is 0 Å². The third-order valence-corrected chi connectivity index (χ3v) is 6.22. The van der Waals surface area contributed by atoms with Gasteiger partial charge in [-0.3, -0.25) is 0 Å². The molecular weight excluding hydrogens is 254 g/mol. The summed E-state index contributed by atoms with van der Waals surface area (Å²) in [6, 6.07) is 0.917. The summed E-state index contributed by atoms with van der Waals surface area (Å²) in [6.07, 6.45) is 22.2. The van der Waals surface area contributed by atoms with Crippen molar-refractivity contribution in [2.75, 3.05) is 13.1 Å². The molecule has 0 amide bonds. The quantitative estimate of drug-likeness (QED) is 0.688. The largest absolute Gasteiger partial charge is 0.300 e. The molecule has 0 N–H and O–H groups in total. The summed E-state index contributed by atoms with van der Waals surface area (Å²) in [5.41, 5.74) is 0. The second-order valence-electron chi connectivity index (χ2n) is 7.55. The Labute approximate surface area is 131 Å². The average Bonchev–Trinajstić information content (AvgIpc) is 2.57. The van der Waals surface area contributed by atoms with Crippen LogP contribution in [-0.4, -0.2) is 24.0 Å². The summed E-state index contributed by atoms with van der Waals surface area (Å²) in [5.74, 6) is 2.82. The number of allylic oxidation sites excluding steroid dienone is 4. The summed E-state index contributed by atoms with van der Waals surface area (Å²) in [6.45, 7) is 5.06. The molecule has 2 aliphatic carbocycles. The van der Waals surface area contributed by atoms with Crippen LogP contribution in [0.5, 0.6) is 0 Å². The van der Waals surface area contributed by atoms with E-state index in [1.165, 1.54) is 70.9 Å². The summed E-state index contributed by atoms with van der Waals surface area (Å²) in [5, 5.41) is 0. The summed E-state index contributed by atoms with van der Waals surface area (Å²) >= 11 is 0. The molecule has 21 heavy (non-hydrogen) atoms. The number of hydrogen-bond donors (Lipinski definition) is 0. The van der Waals surface area contributed by atoms with E-state index in [2.05, 4.69) is 36.1 Å². The van der Waals surface area contributed by atoms with E-state index in [4.69, 9.17) is 0 Å². The standard InChI is InChI=1S/C20H33N/c1-2-6-17-9-11-20(12-10-17)21-15-13-19(14-16-21)18-7-4-3-5-8-18/h3-5,7,17-20H,2,6,8-16H2,1H3. The van der Waals surface area contributed by atoms with Gasteiger partial charge in [0.05, 0.1) is 0 Å².